The van der Waals surface area contributed by atoms with Crippen LogP contribution in [0.25, 0.3) is 10.9 Å². The van der Waals surface area contributed by atoms with Crippen molar-refractivity contribution in [3.05, 3.63) is 40.1 Å². The summed E-state index contributed by atoms with van der Waals surface area (Å²) in [5.74, 6) is 0. The molecule has 1 N–H and O–H groups in total. The van der Waals surface area contributed by atoms with E-state index in [1.54, 1.807) is 12.1 Å². The van der Waals surface area contributed by atoms with E-state index in [0.29, 0.717) is 0 Å². The molecule has 1 aromatic carbocycles. The predicted octanol–water partition coefficient (Wildman–Crippen LogP) is 4.18. The number of aromatic amines is 1. The van der Waals surface area contributed by atoms with E-state index in [4.69, 9.17) is 0 Å². The number of nitro groups is 1. The Labute approximate surface area is 114 Å². The number of nitrogens with one attached hydrogen (secondary N) is 1. The van der Waals surface area contributed by atoms with Crippen molar-refractivity contribution in [3.8, 4) is 0 Å². The van der Waals surface area contributed by atoms with Gasteiger partial charge < -0.3 is 4.98 Å². The first kappa shape index (κ1) is 13.1. The zero-order valence-electron chi connectivity index (χ0n) is 9.99. The third-order valence-corrected chi connectivity index (χ3v) is 3.51. The van der Waals surface area contributed by atoms with Crippen molar-refractivity contribution >= 4 is 32.5 Å². The number of hydrogen-bond donors (Lipinski definition) is 1. The van der Waals surface area contributed by atoms with Crippen LogP contribution in [0, 0.1) is 10.1 Å². The Bertz CT molecular complexity index is 551. The van der Waals surface area contributed by atoms with Gasteiger partial charge in [0, 0.05) is 34.1 Å². The lowest BCUT2D eigenvalue weighted by Gasteiger charge is -1.96. The Kier molecular flexibility index (Phi) is 4.36. The molecule has 0 fully saturated rings. The minimum absolute atomic E-state index is 0.146. The van der Waals surface area contributed by atoms with Crippen LogP contribution in [-0.2, 0) is 6.42 Å². The summed E-state index contributed by atoms with van der Waals surface area (Å²) in [6.07, 6.45) is 4.52. The number of nitrogens with zero attached hydrogens (tertiary/aromatic N) is 1. The molecule has 0 aliphatic rings. The molecule has 1 aromatic heterocycles. The maximum absolute atomic E-state index is 10.7. The average Bonchev–Trinajstić information content (AvgIpc) is 2.76. The molecular weight excluding hydrogens is 296 g/mol. The Balaban J connectivity index is 2.09. The number of hydrogen-bond acceptors (Lipinski definition) is 2. The highest BCUT2D eigenvalue weighted by Crippen LogP contribution is 2.22. The second-order valence-corrected chi connectivity index (χ2v) is 5.12. The minimum Gasteiger partial charge on any atom is -0.358 e. The van der Waals surface area contributed by atoms with Crippen LogP contribution in [0.1, 0.15) is 25.0 Å². The van der Waals surface area contributed by atoms with Crippen LogP contribution in [-0.4, -0.2) is 15.2 Å². The summed E-state index contributed by atoms with van der Waals surface area (Å²) in [5, 5.41) is 12.7. The van der Waals surface area contributed by atoms with Crippen LogP contribution in [0.15, 0.2) is 24.3 Å². The molecular formula is C13H15BrN2O2. The van der Waals surface area contributed by atoms with E-state index >= 15 is 0 Å². The van der Waals surface area contributed by atoms with Crippen molar-refractivity contribution in [1.29, 1.82) is 0 Å². The summed E-state index contributed by atoms with van der Waals surface area (Å²) >= 11 is 3.41. The molecule has 18 heavy (non-hydrogen) atoms. The quantitative estimate of drug-likeness (QED) is 0.376. The molecule has 0 radical (unpaired) electrons. The number of aryl methyl sites for hydroxylation is 1. The number of aromatic nitrogens is 1. The van der Waals surface area contributed by atoms with Gasteiger partial charge in [0.15, 0.2) is 0 Å². The zero-order valence-corrected chi connectivity index (χ0v) is 11.6. The Morgan fingerprint density at radius 3 is 2.78 bits per heavy atom. The molecule has 0 atom stereocenters. The van der Waals surface area contributed by atoms with Gasteiger partial charge in [-0.15, -0.1) is 0 Å². The lowest BCUT2D eigenvalue weighted by molar-refractivity contribution is -0.384. The summed E-state index contributed by atoms with van der Waals surface area (Å²) in [7, 11) is 0. The molecule has 0 saturated heterocycles. The maximum atomic E-state index is 10.7. The van der Waals surface area contributed by atoms with E-state index in [1.807, 2.05) is 6.07 Å². The number of halogens is 1. The van der Waals surface area contributed by atoms with Crippen molar-refractivity contribution in [2.24, 2.45) is 0 Å². The van der Waals surface area contributed by atoms with Gasteiger partial charge in [-0.05, 0) is 31.4 Å². The van der Waals surface area contributed by atoms with Gasteiger partial charge in [-0.1, -0.05) is 22.4 Å². The molecule has 2 aromatic rings. The average molecular weight is 311 g/mol. The van der Waals surface area contributed by atoms with Crippen LogP contribution in [0.2, 0.25) is 0 Å². The van der Waals surface area contributed by atoms with Crippen LogP contribution < -0.4 is 0 Å². The van der Waals surface area contributed by atoms with Gasteiger partial charge in [0.05, 0.1) is 4.92 Å². The largest absolute Gasteiger partial charge is 0.358 e. The highest BCUT2D eigenvalue weighted by Gasteiger charge is 2.08. The lowest BCUT2D eigenvalue weighted by Crippen LogP contribution is -1.86. The van der Waals surface area contributed by atoms with Crippen LogP contribution in [0.3, 0.4) is 0 Å². The number of H-pyrrole nitrogens is 1. The number of unbranched alkanes of at least 4 members (excludes halogenated alkanes) is 2. The van der Waals surface area contributed by atoms with Crippen molar-refractivity contribution in [2.45, 2.75) is 25.7 Å². The number of rotatable bonds is 6. The SMILES string of the molecule is O=[N+]([O-])c1ccc2[nH]c(CCCCCBr)cc2c1. The summed E-state index contributed by atoms with van der Waals surface area (Å²) in [6, 6.07) is 6.94. The first-order chi connectivity index (χ1) is 8.70. The third-order valence-electron chi connectivity index (χ3n) is 2.95. The van der Waals surface area contributed by atoms with Gasteiger partial charge in [-0.25, -0.2) is 0 Å². The maximum Gasteiger partial charge on any atom is 0.270 e. The second kappa shape index (κ2) is 6.00. The van der Waals surface area contributed by atoms with Crippen molar-refractivity contribution in [3.63, 3.8) is 0 Å². The molecule has 2 rings (SSSR count). The first-order valence-corrected chi connectivity index (χ1v) is 7.15. The lowest BCUT2D eigenvalue weighted by atomic mass is 10.1. The fraction of sp³-hybridized carbons (Fsp3) is 0.385. The monoisotopic (exact) mass is 310 g/mol. The van der Waals surface area contributed by atoms with Gasteiger partial charge in [0.1, 0.15) is 0 Å². The number of fused-ring (bicyclic) bond motifs is 1. The van der Waals surface area contributed by atoms with E-state index in [1.165, 1.54) is 18.9 Å². The van der Waals surface area contributed by atoms with Crippen LogP contribution in [0.4, 0.5) is 5.69 Å². The fourth-order valence-electron chi connectivity index (χ4n) is 2.02. The third kappa shape index (κ3) is 3.10. The smallest absolute Gasteiger partial charge is 0.270 e. The summed E-state index contributed by atoms with van der Waals surface area (Å²) < 4.78 is 0. The molecule has 5 heteroatoms. The summed E-state index contributed by atoms with van der Waals surface area (Å²) in [4.78, 5) is 13.6. The van der Waals surface area contributed by atoms with E-state index in [0.717, 1.165) is 34.8 Å². The Morgan fingerprint density at radius 2 is 2.06 bits per heavy atom. The number of nitro benzene ring substituents is 1. The van der Waals surface area contributed by atoms with Crippen LogP contribution >= 0.6 is 15.9 Å². The molecule has 4 nitrogen and oxygen atoms in total. The van der Waals surface area contributed by atoms with Crippen molar-refractivity contribution in [2.75, 3.05) is 5.33 Å². The Morgan fingerprint density at radius 1 is 1.22 bits per heavy atom. The van der Waals surface area contributed by atoms with Crippen molar-refractivity contribution < 1.29 is 4.92 Å². The predicted molar refractivity (Wildman–Crippen MR) is 76.3 cm³/mol. The highest BCUT2D eigenvalue weighted by atomic mass is 79.9. The van der Waals surface area contributed by atoms with E-state index in [9.17, 15) is 10.1 Å². The van der Waals surface area contributed by atoms with Crippen molar-refractivity contribution in [1.82, 2.24) is 4.98 Å². The molecule has 0 saturated carbocycles. The van der Waals surface area contributed by atoms with Gasteiger partial charge in [0.2, 0.25) is 0 Å². The summed E-state index contributed by atoms with van der Waals surface area (Å²) in [5.41, 5.74) is 2.27. The normalized spacial score (nSPS) is 10.9. The van der Waals surface area contributed by atoms with Gasteiger partial charge >= 0.3 is 0 Å². The fourth-order valence-corrected chi connectivity index (χ4v) is 2.41. The molecule has 0 amide bonds. The van der Waals surface area contributed by atoms with Crippen LogP contribution in [0.5, 0.6) is 0 Å². The highest BCUT2D eigenvalue weighted by molar-refractivity contribution is 9.09. The number of benzene rings is 1. The first-order valence-electron chi connectivity index (χ1n) is 6.02. The second-order valence-electron chi connectivity index (χ2n) is 4.32. The van der Waals surface area contributed by atoms with E-state index in [-0.39, 0.29) is 10.6 Å². The topological polar surface area (TPSA) is 58.9 Å². The van der Waals surface area contributed by atoms with E-state index in [2.05, 4.69) is 20.9 Å². The molecule has 0 aliphatic heterocycles. The minimum atomic E-state index is -0.359. The molecule has 0 bridgehead atoms. The standard InChI is InChI=1S/C13H15BrN2O2/c14-7-3-1-2-4-11-8-10-9-12(16(17)18)5-6-13(10)15-11/h5-6,8-9,15H,1-4,7H2. The van der Waals surface area contributed by atoms with E-state index < -0.39 is 0 Å². The van der Waals surface area contributed by atoms with Gasteiger partial charge in [-0.3, -0.25) is 10.1 Å². The summed E-state index contributed by atoms with van der Waals surface area (Å²) in [6.45, 7) is 0. The molecule has 0 unspecified atom stereocenters. The van der Waals surface area contributed by atoms with Gasteiger partial charge in [-0.2, -0.15) is 0 Å². The zero-order chi connectivity index (χ0) is 13.0. The Hall–Kier alpha value is -1.36. The molecule has 0 spiro atoms. The number of alkyl halides is 1. The molecule has 96 valence electrons. The van der Waals surface area contributed by atoms with Gasteiger partial charge in [0.25, 0.3) is 5.69 Å². The molecule has 1 heterocycles. The molecule has 0 aliphatic carbocycles. The number of non-ortho nitro benzene ring substituents is 1.